The summed E-state index contributed by atoms with van der Waals surface area (Å²) in [5.41, 5.74) is -0.640. The molecular formula is C12H21ClO4. The average Bonchev–Trinajstić information content (AvgIpc) is 2.33. The summed E-state index contributed by atoms with van der Waals surface area (Å²) in [5, 5.41) is 0. The van der Waals surface area contributed by atoms with Gasteiger partial charge in [-0.05, 0) is 5.92 Å². The third kappa shape index (κ3) is 3.98. The Morgan fingerprint density at radius 3 is 2.29 bits per heavy atom. The molecule has 0 amide bonds. The van der Waals surface area contributed by atoms with Crippen molar-refractivity contribution in [2.75, 3.05) is 26.7 Å². The summed E-state index contributed by atoms with van der Waals surface area (Å²) in [6.45, 7) is 7.16. The van der Waals surface area contributed by atoms with Gasteiger partial charge >= 0.3 is 5.97 Å². The number of ether oxygens (including phenoxy) is 3. The summed E-state index contributed by atoms with van der Waals surface area (Å²) < 4.78 is 15.6. The maximum atomic E-state index is 10.9. The summed E-state index contributed by atoms with van der Waals surface area (Å²) in [6, 6.07) is 0. The SMILES string of the molecule is C=CC(C)C(CCl)(COC(C)=O)C(OC)OC. The van der Waals surface area contributed by atoms with Crippen LogP contribution in [0.15, 0.2) is 12.7 Å². The van der Waals surface area contributed by atoms with Gasteiger partial charge in [0.2, 0.25) is 0 Å². The van der Waals surface area contributed by atoms with Crippen LogP contribution in [0.5, 0.6) is 0 Å². The maximum Gasteiger partial charge on any atom is 0.302 e. The van der Waals surface area contributed by atoms with Crippen LogP contribution in [-0.4, -0.2) is 39.0 Å². The topological polar surface area (TPSA) is 44.8 Å². The monoisotopic (exact) mass is 264 g/mol. The summed E-state index contributed by atoms with van der Waals surface area (Å²) in [4.78, 5) is 10.9. The highest BCUT2D eigenvalue weighted by Gasteiger charge is 2.44. The van der Waals surface area contributed by atoms with Crippen molar-refractivity contribution in [2.24, 2.45) is 11.3 Å². The van der Waals surface area contributed by atoms with E-state index in [1.54, 1.807) is 6.08 Å². The Balaban J connectivity index is 5.11. The van der Waals surface area contributed by atoms with E-state index in [9.17, 15) is 4.79 Å². The van der Waals surface area contributed by atoms with Crippen LogP contribution >= 0.6 is 11.6 Å². The molecule has 2 atom stereocenters. The van der Waals surface area contributed by atoms with Crippen molar-refractivity contribution < 1.29 is 19.0 Å². The highest BCUT2D eigenvalue weighted by Crippen LogP contribution is 2.36. The van der Waals surface area contributed by atoms with E-state index < -0.39 is 11.7 Å². The lowest BCUT2D eigenvalue weighted by atomic mass is 9.77. The predicted octanol–water partition coefficient (Wildman–Crippen LogP) is 2.22. The molecule has 0 aromatic rings. The second-order valence-electron chi connectivity index (χ2n) is 3.97. The molecule has 5 heteroatoms. The van der Waals surface area contributed by atoms with Gasteiger partial charge in [0, 0.05) is 27.0 Å². The fraction of sp³-hybridized carbons (Fsp3) is 0.750. The van der Waals surface area contributed by atoms with Crippen LogP contribution in [0.4, 0.5) is 0 Å². The second kappa shape index (κ2) is 7.69. The zero-order chi connectivity index (χ0) is 13.5. The molecule has 100 valence electrons. The Kier molecular flexibility index (Phi) is 7.43. The van der Waals surface area contributed by atoms with Crippen LogP contribution in [-0.2, 0) is 19.0 Å². The predicted molar refractivity (Wildman–Crippen MR) is 67.0 cm³/mol. The van der Waals surface area contributed by atoms with E-state index in [-0.39, 0.29) is 24.4 Å². The number of allylic oxidation sites excluding steroid dienone is 1. The van der Waals surface area contributed by atoms with E-state index in [4.69, 9.17) is 25.8 Å². The lowest BCUT2D eigenvalue weighted by molar-refractivity contribution is -0.200. The van der Waals surface area contributed by atoms with E-state index in [0.717, 1.165) is 0 Å². The van der Waals surface area contributed by atoms with Gasteiger partial charge in [-0.2, -0.15) is 0 Å². The zero-order valence-electron chi connectivity index (χ0n) is 10.9. The van der Waals surface area contributed by atoms with Gasteiger partial charge in [0.15, 0.2) is 6.29 Å². The van der Waals surface area contributed by atoms with Crippen LogP contribution in [0.3, 0.4) is 0 Å². The van der Waals surface area contributed by atoms with Crippen molar-refractivity contribution in [3.8, 4) is 0 Å². The number of hydrogen-bond acceptors (Lipinski definition) is 4. The largest absolute Gasteiger partial charge is 0.465 e. The van der Waals surface area contributed by atoms with Crippen LogP contribution in [0, 0.1) is 11.3 Å². The first-order valence-electron chi connectivity index (χ1n) is 5.36. The van der Waals surface area contributed by atoms with E-state index in [2.05, 4.69) is 6.58 Å². The third-order valence-electron chi connectivity index (χ3n) is 2.95. The van der Waals surface area contributed by atoms with Crippen LogP contribution in [0.25, 0.3) is 0 Å². The van der Waals surface area contributed by atoms with Crippen molar-refractivity contribution in [3.05, 3.63) is 12.7 Å². The number of hydrogen-bond donors (Lipinski definition) is 0. The molecule has 0 saturated carbocycles. The summed E-state index contributed by atoms with van der Waals surface area (Å²) in [7, 11) is 3.05. The first kappa shape index (κ1) is 16.4. The van der Waals surface area contributed by atoms with Crippen molar-refractivity contribution in [1.82, 2.24) is 0 Å². The Morgan fingerprint density at radius 2 is 2.00 bits per heavy atom. The molecule has 0 spiro atoms. The van der Waals surface area contributed by atoms with Crippen molar-refractivity contribution >= 4 is 17.6 Å². The normalized spacial score (nSPS) is 16.4. The Morgan fingerprint density at radius 1 is 1.47 bits per heavy atom. The van der Waals surface area contributed by atoms with Gasteiger partial charge in [0.25, 0.3) is 0 Å². The standard InChI is InChI=1S/C12H21ClO4/c1-6-9(2)12(7-13,8-17-10(3)14)11(15-4)16-5/h6,9,11H,1,7-8H2,2-5H3. The molecule has 17 heavy (non-hydrogen) atoms. The van der Waals surface area contributed by atoms with Gasteiger partial charge in [-0.15, -0.1) is 18.2 Å². The van der Waals surface area contributed by atoms with Crippen molar-refractivity contribution in [1.29, 1.82) is 0 Å². The maximum absolute atomic E-state index is 10.9. The van der Waals surface area contributed by atoms with E-state index in [1.165, 1.54) is 21.1 Å². The Bertz CT molecular complexity index is 253. The molecule has 0 radical (unpaired) electrons. The molecule has 0 N–H and O–H groups in total. The molecule has 0 saturated heterocycles. The van der Waals surface area contributed by atoms with Gasteiger partial charge < -0.3 is 14.2 Å². The molecule has 4 nitrogen and oxygen atoms in total. The van der Waals surface area contributed by atoms with Gasteiger partial charge in [0.1, 0.15) is 6.61 Å². The van der Waals surface area contributed by atoms with Crippen molar-refractivity contribution in [2.45, 2.75) is 20.1 Å². The molecule has 2 unspecified atom stereocenters. The molecule has 0 aliphatic carbocycles. The summed E-state index contributed by atoms with van der Waals surface area (Å²) in [6.07, 6.45) is 1.18. The fourth-order valence-electron chi connectivity index (χ4n) is 1.67. The minimum absolute atomic E-state index is 0.0238. The highest BCUT2D eigenvalue weighted by atomic mass is 35.5. The van der Waals surface area contributed by atoms with E-state index in [1.807, 2.05) is 6.92 Å². The molecular weight excluding hydrogens is 244 g/mol. The summed E-state index contributed by atoms with van der Waals surface area (Å²) >= 11 is 6.03. The lowest BCUT2D eigenvalue weighted by Crippen LogP contribution is -2.48. The first-order valence-corrected chi connectivity index (χ1v) is 5.89. The third-order valence-corrected chi connectivity index (χ3v) is 3.45. The number of alkyl halides is 1. The second-order valence-corrected chi connectivity index (χ2v) is 4.24. The van der Waals surface area contributed by atoms with Crippen LogP contribution in [0.1, 0.15) is 13.8 Å². The van der Waals surface area contributed by atoms with Crippen LogP contribution in [0.2, 0.25) is 0 Å². The van der Waals surface area contributed by atoms with Gasteiger partial charge in [-0.1, -0.05) is 13.0 Å². The van der Waals surface area contributed by atoms with Gasteiger partial charge in [0.05, 0.1) is 5.41 Å². The number of methoxy groups -OCH3 is 2. The number of carbonyl (C=O) groups excluding carboxylic acids is 1. The minimum Gasteiger partial charge on any atom is -0.465 e. The smallest absolute Gasteiger partial charge is 0.302 e. The molecule has 0 aliphatic rings. The van der Waals surface area contributed by atoms with E-state index in [0.29, 0.717) is 0 Å². The molecule has 0 bridgehead atoms. The van der Waals surface area contributed by atoms with Crippen LogP contribution < -0.4 is 0 Å². The average molecular weight is 265 g/mol. The minimum atomic E-state index is -0.640. The molecule has 0 fully saturated rings. The number of esters is 1. The highest BCUT2D eigenvalue weighted by molar-refractivity contribution is 6.18. The number of carbonyl (C=O) groups is 1. The Hall–Kier alpha value is -0.580. The number of halogens is 1. The van der Waals surface area contributed by atoms with Crippen molar-refractivity contribution in [3.63, 3.8) is 0 Å². The van der Waals surface area contributed by atoms with E-state index >= 15 is 0 Å². The fourth-order valence-corrected chi connectivity index (χ4v) is 2.12. The number of rotatable bonds is 8. The van der Waals surface area contributed by atoms with Gasteiger partial charge in [-0.25, -0.2) is 0 Å². The van der Waals surface area contributed by atoms with Gasteiger partial charge in [-0.3, -0.25) is 4.79 Å². The molecule has 0 rings (SSSR count). The molecule has 0 aromatic heterocycles. The zero-order valence-corrected chi connectivity index (χ0v) is 11.6. The molecule has 0 heterocycles. The molecule has 0 aromatic carbocycles. The summed E-state index contributed by atoms with van der Waals surface area (Å²) in [5.74, 6) is -0.147. The Labute approximate surface area is 108 Å². The lowest BCUT2D eigenvalue weighted by Gasteiger charge is -2.40. The first-order chi connectivity index (χ1) is 7.98. The quantitative estimate of drug-likeness (QED) is 0.292. The molecule has 0 aliphatic heterocycles.